The van der Waals surface area contributed by atoms with Crippen molar-refractivity contribution in [2.75, 3.05) is 6.61 Å². The third-order valence-corrected chi connectivity index (χ3v) is 4.42. The Labute approximate surface area is 156 Å². The standard InChI is InChI=1S/C17H15F2N3O4S/c1-3-25-15(24)11-8-27-14(20-11)12(23)9-4-6-10(7-5-9)13-21-16(26-22-13)17(2,18)19/h4-8,12,23H,3H2,1-2H3. The number of benzene rings is 1. The molecular formula is C17H15F2N3O4S. The number of aliphatic hydroxyl groups is 1. The second-order valence-electron chi connectivity index (χ2n) is 5.63. The van der Waals surface area contributed by atoms with Gasteiger partial charge in [-0.3, -0.25) is 0 Å². The van der Waals surface area contributed by atoms with Gasteiger partial charge in [-0.15, -0.1) is 11.3 Å². The maximum absolute atomic E-state index is 13.2. The van der Waals surface area contributed by atoms with Crippen LogP contribution in [0.5, 0.6) is 0 Å². The Morgan fingerprint density at radius 1 is 1.33 bits per heavy atom. The van der Waals surface area contributed by atoms with Gasteiger partial charge in [0.15, 0.2) is 5.69 Å². The highest BCUT2D eigenvalue weighted by atomic mass is 32.1. The van der Waals surface area contributed by atoms with Gasteiger partial charge in [-0.1, -0.05) is 29.4 Å². The molecule has 10 heteroatoms. The number of aliphatic hydroxyl groups excluding tert-OH is 1. The number of rotatable bonds is 6. The number of ether oxygens (including phenoxy) is 1. The Hall–Kier alpha value is -2.72. The zero-order chi connectivity index (χ0) is 19.6. The van der Waals surface area contributed by atoms with Gasteiger partial charge in [0.05, 0.1) is 6.61 Å². The first-order valence-corrected chi connectivity index (χ1v) is 8.80. The highest BCUT2D eigenvalue weighted by Crippen LogP contribution is 2.29. The van der Waals surface area contributed by atoms with E-state index in [1.165, 1.54) is 5.38 Å². The van der Waals surface area contributed by atoms with Crippen molar-refractivity contribution in [3.05, 3.63) is 51.8 Å². The summed E-state index contributed by atoms with van der Waals surface area (Å²) >= 11 is 1.13. The number of carbonyl (C=O) groups is 1. The van der Waals surface area contributed by atoms with Gasteiger partial charge in [-0.05, 0) is 12.5 Å². The van der Waals surface area contributed by atoms with Crippen LogP contribution in [0.25, 0.3) is 11.4 Å². The van der Waals surface area contributed by atoms with Crippen LogP contribution in [0.15, 0.2) is 34.2 Å². The largest absolute Gasteiger partial charge is 0.461 e. The third-order valence-electron chi connectivity index (χ3n) is 3.53. The van der Waals surface area contributed by atoms with E-state index in [9.17, 15) is 18.7 Å². The molecule has 0 saturated carbocycles. The Bertz CT molecular complexity index is 934. The summed E-state index contributed by atoms with van der Waals surface area (Å²) in [6, 6.07) is 6.32. The maximum atomic E-state index is 13.2. The first kappa shape index (κ1) is 19.1. The number of esters is 1. The minimum Gasteiger partial charge on any atom is -0.461 e. The summed E-state index contributed by atoms with van der Waals surface area (Å²) in [5.41, 5.74) is 1.09. The Morgan fingerprint density at radius 2 is 2.04 bits per heavy atom. The molecule has 0 radical (unpaired) electrons. The summed E-state index contributed by atoms with van der Waals surface area (Å²) in [7, 11) is 0. The normalized spacial score (nSPS) is 12.8. The molecule has 0 spiro atoms. The van der Waals surface area contributed by atoms with Gasteiger partial charge < -0.3 is 14.4 Å². The molecule has 2 heterocycles. The summed E-state index contributed by atoms with van der Waals surface area (Å²) < 4.78 is 35.8. The topological polar surface area (TPSA) is 98.3 Å². The van der Waals surface area contributed by atoms with Gasteiger partial charge in [0, 0.05) is 17.9 Å². The number of halogens is 2. The lowest BCUT2D eigenvalue weighted by Gasteiger charge is -2.08. The van der Waals surface area contributed by atoms with Crippen LogP contribution in [0.1, 0.15) is 46.9 Å². The van der Waals surface area contributed by atoms with Crippen molar-refractivity contribution < 1.29 is 27.9 Å². The predicted molar refractivity (Wildman–Crippen MR) is 91.4 cm³/mol. The molecule has 0 aliphatic heterocycles. The minimum atomic E-state index is -3.22. The summed E-state index contributed by atoms with van der Waals surface area (Å²) in [5.74, 6) is -4.52. The van der Waals surface area contributed by atoms with Gasteiger partial charge in [-0.2, -0.15) is 13.8 Å². The first-order valence-electron chi connectivity index (χ1n) is 7.92. The molecule has 0 fully saturated rings. The number of carbonyl (C=O) groups excluding carboxylic acids is 1. The van der Waals surface area contributed by atoms with Crippen LogP contribution in [0.4, 0.5) is 8.78 Å². The van der Waals surface area contributed by atoms with Crippen LogP contribution in [0.3, 0.4) is 0 Å². The minimum absolute atomic E-state index is 0.0198. The smallest absolute Gasteiger partial charge is 0.357 e. The van der Waals surface area contributed by atoms with Crippen LogP contribution in [0, 0.1) is 0 Å². The molecule has 3 aromatic rings. The molecule has 0 bridgehead atoms. The van der Waals surface area contributed by atoms with E-state index in [0.29, 0.717) is 23.1 Å². The fourth-order valence-corrected chi connectivity index (χ4v) is 2.99. The molecule has 3 rings (SSSR count). The Morgan fingerprint density at radius 3 is 2.63 bits per heavy atom. The van der Waals surface area contributed by atoms with Crippen molar-refractivity contribution in [2.45, 2.75) is 25.9 Å². The van der Waals surface area contributed by atoms with Crippen LogP contribution < -0.4 is 0 Å². The number of alkyl halides is 2. The van der Waals surface area contributed by atoms with E-state index in [4.69, 9.17) is 4.74 Å². The van der Waals surface area contributed by atoms with E-state index in [2.05, 4.69) is 19.6 Å². The molecule has 142 valence electrons. The van der Waals surface area contributed by atoms with Crippen LogP contribution in [0.2, 0.25) is 0 Å². The maximum Gasteiger partial charge on any atom is 0.357 e. The molecule has 2 aromatic heterocycles. The Kier molecular flexibility index (Phi) is 5.29. The van der Waals surface area contributed by atoms with Gasteiger partial charge in [0.25, 0.3) is 5.89 Å². The fourth-order valence-electron chi connectivity index (χ4n) is 2.19. The van der Waals surface area contributed by atoms with E-state index in [1.54, 1.807) is 31.2 Å². The molecule has 1 N–H and O–H groups in total. The van der Waals surface area contributed by atoms with E-state index >= 15 is 0 Å². The quantitative estimate of drug-likeness (QED) is 0.637. The van der Waals surface area contributed by atoms with Gasteiger partial charge in [0.2, 0.25) is 5.82 Å². The fraction of sp³-hybridized carbons (Fsp3) is 0.294. The molecule has 0 saturated heterocycles. The van der Waals surface area contributed by atoms with E-state index in [1.807, 2.05) is 0 Å². The van der Waals surface area contributed by atoms with Crippen LogP contribution >= 0.6 is 11.3 Å². The van der Waals surface area contributed by atoms with Crippen molar-refractivity contribution in [2.24, 2.45) is 0 Å². The lowest BCUT2D eigenvalue weighted by Crippen LogP contribution is -2.07. The average Bonchev–Trinajstić information content (AvgIpc) is 3.31. The van der Waals surface area contributed by atoms with Gasteiger partial charge in [-0.25, -0.2) is 9.78 Å². The molecule has 27 heavy (non-hydrogen) atoms. The van der Waals surface area contributed by atoms with E-state index in [0.717, 1.165) is 11.3 Å². The van der Waals surface area contributed by atoms with Crippen molar-refractivity contribution in [1.29, 1.82) is 0 Å². The van der Waals surface area contributed by atoms with Crippen LogP contribution in [-0.2, 0) is 10.7 Å². The molecule has 1 atom stereocenters. The molecule has 7 nitrogen and oxygen atoms in total. The van der Waals surface area contributed by atoms with Crippen molar-refractivity contribution in [1.82, 2.24) is 15.1 Å². The summed E-state index contributed by atoms with van der Waals surface area (Å²) in [5, 5.41) is 15.8. The van der Waals surface area contributed by atoms with E-state index in [-0.39, 0.29) is 18.1 Å². The van der Waals surface area contributed by atoms with Crippen molar-refractivity contribution in [3.8, 4) is 11.4 Å². The summed E-state index contributed by atoms with van der Waals surface area (Å²) in [6.45, 7) is 2.59. The zero-order valence-electron chi connectivity index (χ0n) is 14.3. The first-order chi connectivity index (χ1) is 12.8. The lowest BCUT2D eigenvalue weighted by molar-refractivity contribution is -0.0158. The molecule has 0 aliphatic carbocycles. The van der Waals surface area contributed by atoms with Gasteiger partial charge in [0.1, 0.15) is 11.1 Å². The molecule has 0 aliphatic rings. The van der Waals surface area contributed by atoms with Crippen LogP contribution in [-0.4, -0.2) is 32.8 Å². The highest BCUT2D eigenvalue weighted by molar-refractivity contribution is 7.09. The second kappa shape index (κ2) is 7.49. The lowest BCUT2D eigenvalue weighted by atomic mass is 10.1. The second-order valence-corrected chi connectivity index (χ2v) is 6.52. The van der Waals surface area contributed by atoms with Crippen molar-refractivity contribution in [3.63, 3.8) is 0 Å². The number of hydrogen-bond acceptors (Lipinski definition) is 8. The summed E-state index contributed by atoms with van der Waals surface area (Å²) in [6.07, 6.45) is -1.05. The number of aromatic nitrogens is 3. The SMILES string of the molecule is CCOC(=O)c1csc(C(O)c2ccc(-c3noc(C(C)(F)F)n3)cc2)n1. The van der Waals surface area contributed by atoms with E-state index < -0.39 is 23.9 Å². The third kappa shape index (κ3) is 4.17. The van der Waals surface area contributed by atoms with Gasteiger partial charge >= 0.3 is 11.9 Å². The average molecular weight is 395 g/mol. The molecule has 1 unspecified atom stereocenters. The number of nitrogens with zero attached hydrogens (tertiary/aromatic N) is 3. The zero-order valence-corrected chi connectivity index (χ0v) is 15.2. The highest BCUT2D eigenvalue weighted by Gasteiger charge is 2.32. The van der Waals surface area contributed by atoms with Crippen molar-refractivity contribution >= 4 is 17.3 Å². The summed E-state index contributed by atoms with van der Waals surface area (Å²) in [4.78, 5) is 19.4. The molecular weight excluding hydrogens is 380 g/mol. The number of hydrogen-bond donors (Lipinski definition) is 1. The Balaban J connectivity index is 1.77. The predicted octanol–water partition coefficient (Wildman–Crippen LogP) is 3.56. The molecule has 0 amide bonds. The molecule has 1 aromatic carbocycles. The number of thiazole rings is 1. The monoisotopic (exact) mass is 395 g/mol.